The number of alkyl halides is 3. The molecule has 136 valence electrons. The van der Waals surface area contributed by atoms with Gasteiger partial charge in [-0.3, -0.25) is 4.79 Å². The number of benzene rings is 1. The van der Waals surface area contributed by atoms with Crippen LogP contribution in [0.3, 0.4) is 0 Å². The fraction of sp³-hybridized carbons (Fsp3) is 0.562. The van der Waals surface area contributed by atoms with Crippen LogP contribution in [0.5, 0.6) is 5.75 Å². The van der Waals surface area contributed by atoms with E-state index in [1.807, 2.05) is 0 Å². The minimum atomic E-state index is -4.75. The molecule has 2 atom stereocenters. The highest BCUT2D eigenvalue weighted by Crippen LogP contribution is 2.29. The van der Waals surface area contributed by atoms with Crippen molar-refractivity contribution < 1.29 is 22.7 Å². The van der Waals surface area contributed by atoms with Crippen LogP contribution in [0.2, 0.25) is 0 Å². The van der Waals surface area contributed by atoms with Crippen LogP contribution >= 0.6 is 12.4 Å². The highest BCUT2D eigenvalue weighted by Gasteiger charge is 2.32. The molecule has 1 aromatic rings. The number of hydrogen-bond donors (Lipinski definition) is 1. The van der Waals surface area contributed by atoms with Crippen molar-refractivity contribution in [3.8, 4) is 5.75 Å². The summed E-state index contributed by atoms with van der Waals surface area (Å²) in [6.07, 6.45) is -1.56. The van der Waals surface area contributed by atoms with E-state index >= 15 is 0 Å². The number of para-hydroxylation sites is 1. The maximum atomic E-state index is 12.4. The lowest BCUT2D eigenvalue weighted by Crippen LogP contribution is -2.33. The SMILES string of the molecule is CN(Cc1ccccc1OC(F)(F)F)C(=O)C[C@@H]1CCC[C@H]1N.Cl. The van der Waals surface area contributed by atoms with Crippen molar-refractivity contribution >= 4 is 18.3 Å². The maximum Gasteiger partial charge on any atom is 0.573 e. The minimum Gasteiger partial charge on any atom is -0.405 e. The molecule has 1 fully saturated rings. The van der Waals surface area contributed by atoms with Gasteiger partial charge in [-0.25, -0.2) is 0 Å². The highest BCUT2D eigenvalue weighted by atomic mass is 35.5. The number of carbonyl (C=O) groups excluding carboxylic acids is 1. The topological polar surface area (TPSA) is 55.6 Å². The van der Waals surface area contributed by atoms with Crippen LogP contribution in [0.4, 0.5) is 13.2 Å². The number of ether oxygens (including phenoxy) is 1. The van der Waals surface area contributed by atoms with Crippen molar-refractivity contribution in [1.82, 2.24) is 4.90 Å². The first-order valence-electron chi connectivity index (χ1n) is 7.59. The van der Waals surface area contributed by atoms with E-state index in [0.29, 0.717) is 12.0 Å². The summed E-state index contributed by atoms with van der Waals surface area (Å²) in [7, 11) is 1.58. The predicted molar refractivity (Wildman–Crippen MR) is 86.8 cm³/mol. The normalized spacial score (nSPS) is 20.4. The van der Waals surface area contributed by atoms with Crippen molar-refractivity contribution in [3.05, 3.63) is 29.8 Å². The first-order chi connectivity index (χ1) is 10.8. The average molecular weight is 367 g/mol. The number of rotatable bonds is 5. The van der Waals surface area contributed by atoms with Crippen LogP contribution in [-0.4, -0.2) is 30.3 Å². The number of amides is 1. The molecule has 0 bridgehead atoms. The van der Waals surface area contributed by atoms with Crippen LogP contribution in [0, 0.1) is 5.92 Å². The molecule has 1 aliphatic carbocycles. The zero-order valence-electron chi connectivity index (χ0n) is 13.4. The van der Waals surface area contributed by atoms with Gasteiger partial charge in [0.2, 0.25) is 5.91 Å². The summed E-state index contributed by atoms with van der Waals surface area (Å²) in [5.74, 6) is -0.238. The van der Waals surface area contributed by atoms with Crippen LogP contribution in [0.15, 0.2) is 24.3 Å². The summed E-state index contributed by atoms with van der Waals surface area (Å²) in [5.41, 5.74) is 6.27. The van der Waals surface area contributed by atoms with Gasteiger partial charge >= 0.3 is 6.36 Å². The van der Waals surface area contributed by atoms with E-state index in [2.05, 4.69) is 4.74 Å². The van der Waals surface area contributed by atoms with E-state index in [-0.39, 0.29) is 42.6 Å². The van der Waals surface area contributed by atoms with Crippen LogP contribution in [0.1, 0.15) is 31.2 Å². The molecule has 0 spiro atoms. The molecule has 1 amide bonds. The zero-order valence-corrected chi connectivity index (χ0v) is 14.2. The van der Waals surface area contributed by atoms with Crippen molar-refractivity contribution in [1.29, 1.82) is 0 Å². The van der Waals surface area contributed by atoms with Crippen molar-refractivity contribution in [2.45, 2.75) is 44.6 Å². The van der Waals surface area contributed by atoms with Crippen molar-refractivity contribution in [2.24, 2.45) is 11.7 Å². The number of hydrogen-bond acceptors (Lipinski definition) is 3. The lowest BCUT2D eigenvalue weighted by Gasteiger charge is -2.22. The molecule has 2 rings (SSSR count). The van der Waals surface area contributed by atoms with Gasteiger partial charge in [-0.05, 0) is 24.8 Å². The third kappa shape index (κ3) is 5.87. The van der Waals surface area contributed by atoms with Crippen LogP contribution in [0.25, 0.3) is 0 Å². The van der Waals surface area contributed by atoms with Gasteiger partial charge in [0.1, 0.15) is 5.75 Å². The summed E-state index contributed by atoms with van der Waals surface area (Å²) in [5, 5.41) is 0. The molecule has 4 nitrogen and oxygen atoms in total. The Morgan fingerprint density at radius 2 is 2.00 bits per heavy atom. The van der Waals surface area contributed by atoms with Crippen molar-refractivity contribution in [3.63, 3.8) is 0 Å². The summed E-state index contributed by atoms with van der Waals surface area (Å²) in [6, 6.07) is 5.88. The molecule has 1 aliphatic rings. The first-order valence-corrected chi connectivity index (χ1v) is 7.59. The molecule has 0 aromatic heterocycles. The van der Waals surface area contributed by atoms with Crippen LogP contribution in [-0.2, 0) is 11.3 Å². The maximum absolute atomic E-state index is 12.4. The van der Waals surface area contributed by atoms with E-state index in [1.165, 1.54) is 23.1 Å². The number of nitrogens with two attached hydrogens (primary N) is 1. The summed E-state index contributed by atoms with van der Waals surface area (Å²) in [4.78, 5) is 13.7. The van der Waals surface area contributed by atoms with Gasteiger partial charge in [-0.2, -0.15) is 0 Å². The Bertz CT molecular complexity index is 554. The van der Waals surface area contributed by atoms with Gasteiger partial charge in [0, 0.05) is 31.6 Å². The Morgan fingerprint density at radius 3 is 2.58 bits per heavy atom. The molecule has 0 aliphatic heterocycles. The highest BCUT2D eigenvalue weighted by molar-refractivity contribution is 5.85. The lowest BCUT2D eigenvalue weighted by atomic mass is 9.99. The monoisotopic (exact) mass is 366 g/mol. The Hall–Kier alpha value is -1.47. The molecule has 0 unspecified atom stereocenters. The molecule has 8 heteroatoms. The van der Waals surface area contributed by atoms with E-state index in [1.54, 1.807) is 13.1 Å². The second kappa shape index (κ2) is 8.58. The third-order valence-corrected chi connectivity index (χ3v) is 4.19. The summed E-state index contributed by atoms with van der Waals surface area (Å²) in [6.45, 7) is 0.0625. The summed E-state index contributed by atoms with van der Waals surface area (Å²) >= 11 is 0. The van der Waals surface area contributed by atoms with Crippen LogP contribution < -0.4 is 10.5 Å². The Kier molecular flexibility index (Phi) is 7.35. The predicted octanol–water partition coefficient (Wildman–Crippen LogP) is 3.48. The van der Waals surface area contributed by atoms with Gasteiger partial charge < -0.3 is 15.4 Å². The second-order valence-corrected chi connectivity index (χ2v) is 5.96. The zero-order chi connectivity index (χ0) is 17.0. The molecule has 1 aromatic carbocycles. The smallest absolute Gasteiger partial charge is 0.405 e. The fourth-order valence-corrected chi connectivity index (χ4v) is 2.90. The lowest BCUT2D eigenvalue weighted by molar-refractivity contribution is -0.275. The third-order valence-electron chi connectivity index (χ3n) is 4.19. The Balaban J connectivity index is 0.00000288. The molecule has 0 heterocycles. The molecule has 0 radical (unpaired) electrons. The van der Waals surface area contributed by atoms with E-state index in [9.17, 15) is 18.0 Å². The largest absolute Gasteiger partial charge is 0.573 e. The quantitative estimate of drug-likeness (QED) is 0.868. The average Bonchev–Trinajstić information content (AvgIpc) is 2.85. The first kappa shape index (κ1) is 20.6. The van der Waals surface area contributed by atoms with Gasteiger partial charge in [0.25, 0.3) is 0 Å². The fourth-order valence-electron chi connectivity index (χ4n) is 2.90. The molecular weight excluding hydrogens is 345 g/mol. The molecule has 1 saturated carbocycles. The molecular formula is C16H22ClF3N2O2. The van der Waals surface area contributed by atoms with Crippen molar-refractivity contribution in [2.75, 3.05) is 7.05 Å². The number of halogens is 4. The van der Waals surface area contributed by atoms with E-state index in [0.717, 1.165) is 19.3 Å². The minimum absolute atomic E-state index is 0. The van der Waals surface area contributed by atoms with E-state index < -0.39 is 6.36 Å². The van der Waals surface area contributed by atoms with Gasteiger partial charge in [0.05, 0.1) is 0 Å². The standard InChI is InChI=1S/C16H21F3N2O2.ClH/c1-21(15(22)9-11-6-4-7-13(11)20)10-12-5-2-3-8-14(12)23-16(17,18)19;/h2-3,5,8,11,13H,4,6-7,9-10,20H2,1H3;1H/t11-,13+;/m0./s1. The second-order valence-electron chi connectivity index (χ2n) is 5.96. The Morgan fingerprint density at radius 1 is 1.33 bits per heavy atom. The van der Waals surface area contributed by atoms with Gasteiger partial charge in [0.15, 0.2) is 0 Å². The summed E-state index contributed by atoms with van der Waals surface area (Å²) < 4.78 is 41.2. The van der Waals surface area contributed by atoms with Gasteiger partial charge in [-0.15, -0.1) is 25.6 Å². The molecule has 24 heavy (non-hydrogen) atoms. The molecule has 0 saturated heterocycles. The van der Waals surface area contributed by atoms with Gasteiger partial charge in [-0.1, -0.05) is 24.6 Å². The molecule has 2 N–H and O–H groups in total. The number of carbonyl (C=O) groups is 1. The Labute approximate surface area is 145 Å². The number of nitrogens with zero attached hydrogens (tertiary/aromatic N) is 1. The van der Waals surface area contributed by atoms with E-state index in [4.69, 9.17) is 5.73 Å².